The summed E-state index contributed by atoms with van der Waals surface area (Å²) in [5, 5.41) is 5.89. The van der Waals surface area contributed by atoms with Crippen molar-refractivity contribution < 1.29 is 9.59 Å². The quantitative estimate of drug-likeness (QED) is 0.639. The van der Waals surface area contributed by atoms with E-state index in [0.717, 1.165) is 40.8 Å². The first kappa shape index (κ1) is 20.7. The van der Waals surface area contributed by atoms with Gasteiger partial charge in [-0.2, -0.15) is 0 Å². The number of carbonyl (C=O) groups excluding carboxylic acids is 2. The fourth-order valence-corrected chi connectivity index (χ4v) is 4.99. The van der Waals surface area contributed by atoms with Crippen LogP contribution >= 0.6 is 22.7 Å². The van der Waals surface area contributed by atoms with Crippen LogP contribution in [0.15, 0.2) is 47.8 Å². The predicted octanol–water partition coefficient (Wildman–Crippen LogP) is 3.25. The average molecular weight is 441 g/mol. The van der Waals surface area contributed by atoms with Gasteiger partial charge in [-0.15, -0.1) is 22.7 Å². The molecule has 6 nitrogen and oxygen atoms in total. The maximum Gasteiger partial charge on any atom is 0.261 e. The Labute approximate surface area is 184 Å². The highest BCUT2D eigenvalue weighted by molar-refractivity contribution is 7.14. The molecule has 1 aliphatic heterocycles. The Morgan fingerprint density at radius 1 is 1.07 bits per heavy atom. The minimum absolute atomic E-state index is 0.0312. The Morgan fingerprint density at radius 3 is 2.53 bits per heavy atom. The van der Waals surface area contributed by atoms with Crippen molar-refractivity contribution >= 4 is 34.5 Å². The molecule has 2 aromatic heterocycles. The maximum atomic E-state index is 12.4. The van der Waals surface area contributed by atoms with Crippen LogP contribution in [0.3, 0.4) is 0 Å². The van der Waals surface area contributed by atoms with E-state index >= 15 is 0 Å². The Balaban J connectivity index is 1.22. The molecule has 0 radical (unpaired) electrons. The lowest BCUT2D eigenvalue weighted by Crippen LogP contribution is -2.50. The summed E-state index contributed by atoms with van der Waals surface area (Å²) in [7, 11) is 0. The van der Waals surface area contributed by atoms with Crippen molar-refractivity contribution in [3.05, 3.63) is 63.3 Å². The maximum absolute atomic E-state index is 12.4. The fraction of sp³-hybridized carbons (Fsp3) is 0.318. The van der Waals surface area contributed by atoms with Crippen LogP contribution in [0.5, 0.6) is 0 Å². The molecule has 8 heteroatoms. The molecule has 4 rings (SSSR count). The van der Waals surface area contributed by atoms with E-state index in [1.165, 1.54) is 11.3 Å². The van der Waals surface area contributed by atoms with E-state index in [4.69, 9.17) is 4.98 Å². The summed E-state index contributed by atoms with van der Waals surface area (Å²) in [6, 6.07) is 13.9. The molecule has 1 N–H and O–H groups in total. The molecular weight excluding hydrogens is 416 g/mol. The van der Waals surface area contributed by atoms with Gasteiger partial charge in [-0.3, -0.25) is 14.5 Å². The molecule has 1 fully saturated rings. The van der Waals surface area contributed by atoms with E-state index in [9.17, 15) is 9.59 Å². The van der Waals surface area contributed by atoms with Gasteiger partial charge in [0.05, 0.1) is 17.1 Å². The van der Waals surface area contributed by atoms with Gasteiger partial charge in [-0.05, 0) is 19.1 Å². The molecule has 0 unspecified atom stereocenters. The second-order valence-corrected chi connectivity index (χ2v) is 9.41. The molecule has 156 valence electrons. The molecule has 2 amide bonds. The molecule has 0 spiro atoms. The van der Waals surface area contributed by atoms with E-state index in [0.29, 0.717) is 18.0 Å². The number of hydrogen-bond acceptors (Lipinski definition) is 6. The summed E-state index contributed by atoms with van der Waals surface area (Å²) in [6.45, 7) is 5.75. The molecule has 3 aromatic rings. The molecular formula is C22H24N4O2S2. The molecule has 0 aliphatic carbocycles. The predicted molar refractivity (Wildman–Crippen MR) is 121 cm³/mol. The molecule has 0 bridgehead atoms. The van der Waals surface area contributed by atoms with Gasteiger partial charge in [-0.1, -0.05) is 30.3 Å². The Hall–Kier alpha value is -2.55. The van der Waals surface area contributed by atoms with Crippen LogP contribution in [0.1, 0.15) is 20.2 Å². The lowest BCUT2D eigenvalue weighted by molar-refractivity contribution is -0.131. The van der Waals surface area contributed by atoms with Crippen LogP contribution in [0, 0.1) is 6.92 Å². The molecule has 0 saturated carbocycles. The number of aryl methyl sites for hydroxylation is 1. The van der Waals surface area contributed by atoms with Gasteiger partial charge in [0.25, 0.3) is 5.91 Å². The number of hydrogen-bond donors (Lipinski definition) is 1. The van der Waals surface area contributed by atoms with Gasteiger partial charge in [0.15, 0.2) is 0 Å². The standard InChI is InChI=1S/C22H24N4O2S2/c1-16-7-8-19(30-16)21(28)23-13-20(27)26-11-9-25(10-12-26)14-18-15-29-22(24-18)17-5-3-2-4-6-17/h2-8,15H,9-14H2,1H3,(H,23,28). The van der Waals surface area contributed by atoms with Crippen molar-refractivity contribution in [3.63, 3.8) is 0 Å². The van der Waals surface area contributed by atoms with Gasteiger partial charge in [-0.25, -0.2) is 4.98 Å². The smallest absolute Gasteiger partial charge is 0.261 e. The Morgan fingerprint density at radius 2 is 1.83 bits per heavy atom. The summed E-state index contributed by atoms with van der Waals surface area (Å²) in [4.78, 5) is 35.2. The lowest BCUT2D eigenvalue weighted by Gasteiger charge is -2.34. The molecule has 3 heterocycles. The summed E-state index contributed by atoms with van der Waals surface area (Å²) in [5.41, 5.74) is 2.21. The number of aromatic nitrogens is 1. The summed E-state index contributed by atoms with van der Waals surface area (Å²) in [6.07, 6.45) is 0. The highest BCUT2D eigenvalue weighted by Gasteiger charge is 2.22. The van der Waals surface area contributed by atoms with Gasteiger partial charge in [0.2, 0.25) is 5.91 Å². The van der Waals surface area contributed by atoms with E-state index in [2.05, 4.69) is 27.7 Å². The highest BCUT2D eigenvalue weighted by Crippen LogP contribution is 2.24. The van der Waals surface area contributed by atoms with Crippen molar-refractivity contribution in [2.75, 3.05) is 32.7 Å². The van der Waals surface area contributed by atoms with Gasteiger partial charge >= 0.3 is 0 Å². The molecule has 1 aromatic carbocycles. The van der Waals surface area contributed by atoms with Crippen LogP contribution in [0.25, 0.3) is 10.6 Å². The normalized spacial score (nSPS) is 14.6. The van der Waals surface area contributed by atoms with Crippen LogP contribution in [-0.2, 0) is 11.3 Å². The van der Waals surface area contributed by atoms with Crippen LogP contribution in [0.2, 0.25) is 0 Å². The van der Waals surface area contributed by atoms with E-state index in [-0.39, 0.29) is 18.4 Å². The van der Waals surface area contributed by atoms with Crippen LogP contribution in [-0.4, -0.2) is 59.3 Å². The number of piperazine rings is 1. The highest BCUT2D eigenvalue weighted by atomic mass is 32.1. The van der Waals surface area contributed by atoms with Crippen molar-refractivity contribution in [2.24, 2.45) is 0 Å². The number of carbonyl (C=O) groups is 2. The second kappa shape index (κ2) is 9.51. The minimum Gasteiger partial charge on any atom is -0.342 e. The first-order valence-electron chi connectivity index (χ1n) is 9.93. The lowest BCUT2D eigenvalue weighted by atomic mass is 10.2. The molecule has 0 atom stereocenters. The number of rotatable bonds is 6. The van der Waals surface area contributed by atoms with Gasteiger partial charge in [0, 0.05) is 48.5 Å². The van der Waals surface area contributed by atoms with Crippen molar-refractivity contribution in [2.45, 2.75) is 13.5 Å². The van der Waals surface area contributed by atoms with Gasteiger partial charge in [0.1, 0.15) is 5.01 Å². The Kier molecular flexibility index (Phi) is 6.56. The molecule has 30 heavy (non-hydrogen) atoms. The van der Waals surface area contributed by atoms with Crippen molar-refractivity contribution in [3.8, 4) is 10.6 Å². The zero-order valence-electron chi connectivity index (χ0n) is 16.8. The summed E-state index contributed by atoms with van der Waals surface area (Å²) in [5.74, 6) is -0.214. The summed E-state index contributed by atoms with van der Waals surface area (Å²) >= 11 is 3.10. The van der Waals surface area contributed by atoms with E-state index < -0.39 is 0 Å². The fourth-order valence-electron chi connectivity index (χ4n) is 3.39. The zero-order chi connectivity index (χ0) is 20.9. The number of amides is 2. The number of nitrogens with one attached hydrogen (secondary N) is 1. The molecule has 1 aliphatic rings. The third kappa shape index (κ3) is 5.13. The minimum atomic E-state index is -0.183. The number of nitrogens with zero attached hydrogens (tertiary/aromatic N) is 3. The Bertz CT molecular complexity index is 1010. The summed E-state index contributed by atoms with van der Waals surface area (Å²) < 4.78 is 0. The largest absolute Gasteiger partial charge is 0.342 e. The van der Waals surface area contributed by atoms with E-state index in [1.807, 2.05) is 36.1 Å². The topological polar surface area (TPSA) is 65.5 Å². The third-order valence-electron chi connectivity index (χ3n) is 5.05. The number of thiophene rings is 1. The average Bonchev–Trinajstić information content (AvgIpc) is 3.42. The van der Waals surface area contributed by atoms with E-state index in [1.54, 1.807) is 17.4 Å². The van der Waals surface area contributed by atoms with Crippen molar-refractivity contribution in [1.29, 1.82) is 0 Å². The monoisotopic (exact) mass is 440 g/mol. The third-order valence-corrected chi connectivity index (χ3v) is 6.99. The number of benzene rings is 1. The molecule has 1 saturated heterocycles. The zero-order valence-corrected chi connectivity index (χ0v) is 18.5. The van der Waals surface area contributed by atoms with Crippen molar-refractivity contribution in [1.82, 2.24) is 20.1 Å². The van der Waals surface area contributed by atoms with Crippen LogP contribution in [0.4, 0.5) is 0 Å². The second-order valence-electron chi connectivity index (χ2n) is 7.26. The number of thiazole rings is 1. The van der Waals surface area contributed by atoms with Crippen LogP contribution < -0.4 is 5.32 Å². The first-order chi connectivity index (χ1) is 14.6. The SMILES string of the molecule is Cc1ccc(C(=O)NCC(=O)N2CCN(Cc3csc(-c4ccccc4)n3)CC2)s1. The van der Waals surface area contributed by atoms with Gasteiger partial charge < -0.3 is 10.2 Å². The first-order valence-corrected chi connectivity index (χ1v) is 11.6.